The van der Waals surface area contributed by atoms with Gasteiger partial charge in [0.05, 0.1) is 44.7 Å². The van der Waals surface area contributed by atoms with Crippen LogP contribution in [0, 0.1) is 11.3 Å². The third-order valence-corrected chi connectivity index (χ3v) is 7.88. The molecular weight excluding hydrogens is 528 g/mol. The molecule has 0 bridgehead atoms. The van der Waals surface area contributed by atoms with E-state index in [-0.39, 0.29) is 12.2 Å². The summed E-state index contributed by atoms with van der Waals surface area (Å²) in [6, 6.07) is 0. The van der Waals surface area contributed by atoms with Crippen molar-refractivity contribution in [3.8, 4) is 0 Å². The van der Waals surface area contributed by atoms with Crippen LogP contribution in [0.15, 0.2) is 23.5 Å². The standard InChI is InChI=1S/C24H36O15/c1-24-4-3-9(5-25)13(24)21(35-7-10(24)20(33)34-2)39-23-19(32)17(30)15(28)12(38-23)8-36-22-18(31)16(29)14(27)11(6-26)37-22/h3,7,11-19,21-23,25-32H,4-6,8H2,1-2H3/t11-,12-,13+,14-,15-,16+,17+,18-,19-,21+,22-,23+,24-/m1/s1. The number of carbonyl (C=O) groups excluding carboxylic acids is 1. The lowest BCUT2D eigenvalue weighted by Crippen LogP contribution is -2.62. The van der Waals surface area contributed by atoms with E-state index in [1.165, 1.54) is 13.4 Å². The zero-order valence-electron chi connectivity index (χ0n) is 21.3. The molecule has 0 radical (unpaired) electrons. The van der Waals surface area contributed by atoms with E-state index in [1.807, 2.05) is 0 Å². The van der Waals surface area contributed by atoms with Crippen molar-refractivity contribution in [1.82, 2.24) is 0 Å². The summed E-state index contributed by atoms with van der Waals surface area (Å²) in [6.45, 7) is 0.204. The number of methoxy groups -OCH3 is 1. The fourth-order valence-corrected chi connectivity index (χ4v) is 5.47. The van der Waals surface area contributed by atoms with Gasteiger partial charge in [0.25, 0.3) is 0 Å². The SMILES string of the molecule is COC(=O)C1=CO[C@@H](O[C@@H]2O[C@H](CO[C@@H]3O[C@H](CO)[C@@H](O)[C@H](O)[C@H]3O)[C@@H](O)[C@H](O)[C@H]2O)[C@@H]2C(CO)=CC[C@]12C. The van der Waals surface area contributed by atoms with Crippen molar-refractivity contribution in [2.45, 2.75) is 81.0 Å². The van der Waals surface area contributed by atoms with Gasteiger partial charge in [0.15, 0.2) is 12.6 Å². The number of carbonyl (C=O) groups is 1. The average molecular weight is 565 g/mol. The summed E-state index contributed by atoms with van der Waals surface area (Å²) in [4.78, 5) is 12.4. The highest BCUT2D eigenvalue weighted by molar-refractivity contribution is 5.90. The Morgan fingerprint density at radius 1 is 0.923 bits per heavy atom. The third kappa shape index (κ3) is 5.47. The van der Waals surface area contributed by atoms with Gasteiger partial charge in [0, 0.05) is 5.41 Å². The van der Waals surface area contributed by atoms with Crippen LogP contribution in [0.4, 0.5) is 0 Å². The van der Waals surface area contributed by atoms with Crippen LogP contribution in [-0.4, -0.2) is 141 Å². The molecule has 3 aliphatic heterocycles. The number of aliphatic hydroxyl groups excluding tert-OH is 8. The average Bonchev–Trinajstić information content (AvgIpc) is 3.29. The van der Waals surface area contributed by atoms with Crippen molar-refractivity contribution < 1.29 is 74.1 Å². The molecule has 0 aromatic heterocycles. The molecule has 2 saturated heterocycles. The van der Waals surface area contributed by atoms with Gasteiger partial charge in [0.2, 0.25) is 6.29 Å². The summed E-state index contributed by atoms with van der Waals surface area (Å²) in [5.74, 6) is -1.31. The van der Waals surface area contributed by atoms with Crippen LogP contribution in [0.25, 0.3) is 0 Å². The molecule has 8 N–H and O–H groups in total. The van der Waals surface area contributed by atoms with Gasteiger partial charge in [-0.1, -0.05) is 13.0 Å². The Kier molecular flexibility index (Phi) is 9.32. The molecule has 3 heterocycles. The maximum Gasteiger partial charge on any atom is 0.337 e. The minimum absolute atomic E-state index is 0.223. The van der Waals surface area contributed by atoms with Crippen LogP contribution in [0.2, 0.25) is 0 Å². The highest BCUT2D eigenvalue weighted by Crippen LogP contribution is 2.53. The van der Waals surface area contributed by atoms with E-state index in [0.29, 0.717) is 12.0 Å². The Balaban J connectivity index is 1.48. The molecule has 0 amide bonds. The van der Waals surface area contributed by atoms with E-state index >= 15 is 0 Å². The van der Waals surface area contributed by atoms with Gasteiger partial charge in [-0.25, -0.2) is 4.79 Å². The van der Waals surface area contributed by atoms with E-state index in [9.17, 15) is 45.6 Å². The molecule has 13 atom stereocenters. The molecule has 0 spiro atoms. The molecule has 0 saturated carbocycles. The second-order valence-electron chi connectivity index (χ2n) is 10.2. The first-order chi connectivity index (χ1) is 18.5. The predicted octanol–water partition coefficient (Wildman–Crippen LogP) is -4.01. The fourth-order valence-electron chi connectivity index (χ4n) is 5.47. The largest absolute Gasteiger partial charge is 0.471 e. The van der Waals surface area contributed by atoms with Crippen molar-refractivity contribution in [3.63, 3.8) is 0 Å². The first-order valence-electron chi connectivity index (χ1n) is 12.5. The second-order valence-corrected chi connectivity index (χ2v) is 10.2. The maximum atomic E-state index is 12.4. The molecular formula is C24H36O15. The highest BCUT2D eigenvalue weighted by Gasteiger charge is 2.55. The van der Waals surface area contributed by atoms with Crippen LogP contribution in [0.5, 0.6) is 0 Å². The predicted molar refractivity (Wildman–Crippen MR) is 124 cm³/mol. The Morgan fingerprint density at radius 3 is 2.15 bits per heavy atom. The van der Waals surface area contributed by atoms with Crippen LogP contribution in [0.1, 0.15) is 13.3 Å². The Hall–Kier alpha value is -1.73. The van der Waals surface area contributed by atoms with Crippen molar-refractivity contribution in [2.24, 2.45) is 11.3 Å². The van der Waals surface area contributed by atoms with Crippen molar-refractivity contribution in [2.75, 3.05) is 26.9 Å². The second kappa shape index (κ2) is 12.0. The van der Waals surface area contributed by atoms with E-state index in [2.05, 4.69) is 0 Å². The lowest BCUT2D eigenvalue weighted by Gasteiger charge is -2.46. The van der Waals surface area contributed by atoms with Crippen molar-refractivity contribution in [1.29, 1.82) is 0 Å². The Bertz CT molecular complexity index is 938. The minimum Gasteiger partial charge on any atom is -0.471 e. The van der Waals surface area contributed by atoms with Crippen LogP contribution < -0.4 is 0 Å². The van der Waals surface area contributed by atoms with E-state index in [1.54, 1.807) is 13.0 Å². The number of aliphatic hydroxyl groups is 8. The normalized spacial score (nSPS) is 46.1. The molecule has 4 aliphatic rings. The van der Waals surface area contributed by atoms with Crippen LogP contribution >= 0.6 is 0 Å². The van der Waals surface area contributed by atoms with Crippen LogP contribution in [-0.2, 0) is 33.2 Å². The Labute approximate surface area is 223 Å². The number of ether oxygens (including phenoxy) is 6. The zero-order valence-corrected chi connectivity index (χ0v) is 21.3. The van der Waals surface area contributed by atoms with Gasteiger partial charge in [0.1, 0.15) is 48.8 Å². The molecule has 2 fully saturated rings. The zero-order chi connectivity index (χ0) is 28.6. The van der Waals surface area contributed by atoms with Crippen LogP contribution in [0.3, 0.4) is 0 Å². The summed E-state index contributed by atoms with van der Waals surface area (Å²) in [7, 11) is 1.23. The summed E-state index contributed by atoms with van der Waals surface area (Å²) in [5, 5.41) is 80.8. The quantitative estimate of drug-likeness (QED) is 0.104. The van der Waals surface area contributed by atoms with Crippen molar-refractivity contribution in [3.05, 3.63) is 23.5 Å². The van der Waals surface area contributed by atoms with Gasteiger partial charge in [-0.05, 0) is 12.0 Å². The molecule has 15 heteroatoms. The van der Waals surface area contributed by atoms with Gasteiger partial charge < -0.3 is 69.3 Å². The topological polar surface area (TPSA) is 234 Å². The number of hydrogen-bond donors (Lipinski definition) is 8. The fraction of sp³-hybridized carbons (Fsp3) is 0.792. The molecule has 0 unspecified atom stereocenters. The smallest absolute Gasteiger partial charge is 0.337 e. The summed E-state index contributed by atoms with van der Waals surface area (Å²) >= 11 is 0. The third-order valence-electron chi connectivity index (χ3n) is 7.88. The first-order valence-corrected chi connectivity index (χ1v) is 12.5. The molecule has 0 aromatic rings. The Morgan fingerprint density at radius 2 is 1.54 bits per heavy atom. The number of esters is 1. The summed E-state index contributed by atoms with van der Waals surface area (Å²) in [5.41, 5.74) is -0.136. The lowest BCUT2D eigenvalue weighted by molar-refractivity contribution is -0.353. The molecule has 0 aromatic carbocycles. The van der Waals surface area contributed by atoms with E-state index in [4.69, 9.17) is 28.4 Å². The molecule has 222 valence electrons. The number of rotatable bonds is 8. The van der Waals surface area contributed by atoms with Gasteiger partial charge >= 0.3 is 5.97 Å². The van der Waals surface area contributed by atoms with Gasteiger partial charge in [-0.2, -0.15) is 0 Å². The highest BCUT2D eigenvalue weighted by atomic mass is 16.8. The first kappa shape index (κ1) is 30.2. The molecule has 39 heavy (non-hydrogen) atoms. The monoisotopic (exact) mass is 564 g/mol. The van der Waals surface area contributed by atoms with Gasteiger partial charge in [-0.15, -0.1) is 0 Å². The number of allylic oxidation sites excluding steroid dienone is 1. The molecule has 15 nitrogen and oxygen atoms in total. The lowest BCUT2D eigenvalue weighted by atomic mass is 9.70. The van der Waals surface area contributed by atoms with E-state index in [0.717, 1.165) is 0 Å². The summed E-state index contributed by atoms with van der Waals surface area (Å²) < 4.78 is 32.8. The van der Waals surface area contributed by atoms with E-state index < -0.39 is 98.2 Å². The van der Waals surface area contributed by atoms with Gasteiger partial charge in [-0.3, -0.25) is 0 Å². The molecule has 1 aliphatic carbocycles. The molecule has 4 rings (SSSR count). The number of hydrogen-bond acceptors (Lipinski definition) is 15. The van der Waals surface area contributed by atoms with Crippen molar-refractivity contribution >= 4 is 5.97 Å². The maximum absolute atomic E-state index is 12.4. The summed E-state index contributed by atoms with van der Waals surface area (Å²) in [6.07, 6.45) is -13.7. The number of fused-ring (bicyclic) bond motifs is 1. The minimum atomic E-state index is -1.76.